The van der Waals surface area contributed by atoms with Crippen LogP contribution in [0.2, 0.25) is 0 Å². The lowest BCUT2D eigenvalue weighted by molar-refractivity contribution is -0.192. The Bertz CT molecular complexity index is 518. The van der Waals surface area contributed by atoms with Crippen LogP contribution < -0.4 is 15.8 Å². The van der Waals surface area contributed by atoms with E-state index < -0.39 is 18.1 Å². The highest BCUT2D eigenvalue weighted by atomic mass is 19.4. The third kappa shape index (κ3) is 5.65. The van der Waals surface area contributed by atoms with Crippen molar-refractivity contribution in [2.45, 2.75) is 12.3 Å². The van der Waals surface area contributed by atoms with E-state index in [-0.39, 0.29) is 11.8 Å². The minimum absolute atomic E-state index is 0.193. The number of carbonyl (C=O) groups is 2. The second-order valence-corrected chi connectivity index (χ2v) is 3.94. The van der Waals surface area contributed by atoms with Crippen LogP contribution in [0.4, 0.5) is 13.2 Å². The standard InChI is InChI=1S/C9H11N3O2.C2HF3O2/c10-9(13)8-3-6(1-2-12-8)14-7-4-11-5-7;3-2(4,5)1(6)7/h1-3,7,11H,4-5H2,(H2,10,13);(H,6,7). The number of carbonyl (C=O) groups excluding carboxylic acids is 1. The normalized spacial score (nSPS) is 14.4. The zero-order chi connectivity index (χ0) is 16.0. The molecule has 10 heteroatoms. The third-order valence-corrected chi connectivity index (χ3v) is 2.27. The predicted octanol–water partition coefficient (Wildman–Crippen LogP) is 0.164. The number of halogens is 3. The molecule has 21 heavy (non-hydrogen) atoms. The van der Waals surface area contributed by atoms with Crippen LogP contribution in [0.25, 0.3) is 0 Å². The van der Waals surface area contributed by atoms with Crippen molar-refractivity contribution < 1.29 is 32.6 Å². The molecule has 0 bridgehead atoms. The van der Waals surface area contributed by atoms with Crippen molar-refractivity contribution in [2.24, 2.45) is 5.73 Å². The molecular formula is C11H12F3N3O4. The van der Waals surface area contributed by atoms with Gasteiger partial charge in [0.2, 0.25) is 0 Å². The van der Waals surface area contributed by atoms with Gasteiger partial charge >= 0.3 is 12.1 Å². The number of hydrogen-bond acceptors (Lipinski definition) is 5. The van der Waals surface area contributed by atoms with E-state index in [4.69, 9.17) is 20.4 Å². The summed E-state index contributed by atoms with van der Waals surface area (Å²) >= 11 is 0. The highest BCUT2D eigenvalue weighted by Crippen LogP contribution is 2.14. The minimum atomic E-state index is -5.08. The summed E-state index contributed by atoms with van der Waals surface area (Å²) in [7, 11) is 0. The number of pyridine rings is 1. The van der Waals surface area contributed by atoms with Gasteiger partial charge in [-0.3, -0.25) is 9.78 Å². The van der Waals surface area contributed by atoms with E-state index in [1.807, 2.05) is 0 Å². The van der Waals surface area contributed by atoms with E-state index in [0.29, 0.717) is 5.75 Å². The van der Waals surface area contributed by atoms with Gasteiger partial charge in [-0.2, -0.15) is 13.2 Å². The number of primary amides is 1. The summed E-state index contributed by atoms with van der Waals surface area (Å²) in [5.41, 5.74) is 5.32. The molecule has 1 aliphatic rings. The smallest absolute Gasteiger partial charge is 0.488 e. The number of amides is 1. The van der Waals surface area contributed by atoms with Gasteiger partial charge in [-0.15, -0.1) is 0 Å². The molecule has 0 aromatic carbocycles. The highest BCUT2D eigenvalue weighted by Gasteiger charge is 2.38. The number of nitrogens with two attached hydrogens (primary N) is 1. The molecule has 0 aliphatic carbocycles. The fourth-order valence-electron chi connectivity index (χ4n) is 1.16. The van der Waals surface area contributed by atoms with Crippen molar-refractivity contribution in [1.82, 2.24) is 10.3 Å². The molecule has 1 aliphatic heterocycles. The predicted molar refractivity (Wildman–Crippen MR) is 63.7 cm³/mol. The maximum Gasteiger partial charge on any atom is 0.490 e. The summed E-state index contributed by atoms with van der Waals surface area (Å²) in [6, 6.07) is 3.27. The molecule has 7 nitrogen and oxygen atoms in total. The van der Waals surface area contributed by atoms with Crippen LogP contribution in [0.15, 0.2) is 18.3 Å². The summed E-state index contributed by atoms with van der Waals surface area (Å²) in [6.45, 7) is 1.68. The lowest BCUT2D eigenvalue weighted by Gasteiger charge is -2.27. The minimum Gasteiger partial charge on any atom is -0.488 e. The maximum absolute atomic E-state index is 10.8. The molecule has 0 atom stereocenters. The molecule has 0 radical (unpaired) electrons. The van der Waals surface area contributed by atoms with Crippen molar-refractivity contribution in [3.05, 3.63) is 24.0 Å². The number of carboxylic acid groups (broad SMARTS) is 1. The number of rotatable bonds is 3. The molecule has 1 amide bonds. The lowest BCUT2D eigenvalue weighted by Crippen LogP contribution is -2.50. The van der Waals surface area contributed by atoms with Crippen LogP contribution in [0.1, 0.15) is 10.5 Å². The van der Waals surface area contributed by atoms with Crippen LogP contribution in [-0.2, 0) is 4.79 Å². The molecule has 2 heterocycles. The van der Waals surface area contributed by atoms with Crippen molar-refractivity contribution in [1.29, 1.82) is 0 Å². The van der Waals surface area contributed by atoms with Gasteiger partial charge in [0, 0.05) is 25.4 Å². The Morgan fingerprint density at radius 1 is 1.43 bits per heavy atom. The van der Waals surface area contributed by atoms with Crippen molar-refractivity contribution in [2.75, 3.05) is 13.1 Å². The monoisotopic (exact) mass is 307 g/mol. The number of ether oxygens (including phenoxy) is 1. The number of nitrogens with zero attached hydrogens (tertiary/aromatic N) is 1. The lowest BCUT2D eigenvalue weighted by atomic mass is 10.2. The van der Waals surface area contributed by atoms with E-state index >= 15 is 0 Å². The van der Waals surface area contributed by atoms with Gasteiger partial charge in [0.15, 0.2) is 0 Å². The molecule has 1 saturated heterocycles. The fourth-order valence-corrected chi connectivity index (χ4v) is 1.16. The molecule has 1 aromatic rings. The molecule has 116 valence electrons. The van der Waals surface area contributed by atoms with Gasteiger partial charge < -0.3 is 20.9 Å². The number of nitrogens with one attached hydrogen (secondary N) is 1. The van der Waals surface area contributed by atoms with E-state index in [2.05, 4.69) is 10.3 Å². The largest absolute Gasteiger partial charge is 0.490 e. The van der Waals surface area contributed by atoms with Gasteiger partial charge in [-0.1, -0.05) is 0 Å². The van der Waals surface area contributed by atoms with E-state index in [0.717, 1.165) is 13.1 Å². The molecule has 0 unspecified atom stereocenters. The summed E-state index contributed by atoms with van der Waals surface area (Å²) in [6.07, 6.45) is -3.38. The second kappa shape index (κ2) is 6.88. The first-order chi connectivity index (χ1) is 9.70. The van der Waals surface area contributed by atoms with Crippen molar-refractivity contribution >= 4 is 11.9 Å². The molecule has 4 N–H and O–H groups in total. The van der Waals surface area contributed by atoms with Crippen molar-refractivity contribution in [3.63, 3.8) is 0 Å². The van der Waals surface area contributed by atoms with Crippen LogP contribution >= 0.6 is 0 Å². The Kier molecular flexibility index (Phi) is 5.47. The second-order valence-electron chi connectivity index (χ2n) is 3.94. The van der Waals surface area contributed by atoms with Crippen LogP contribution in [0.5, 0.6) is 5.75 Å². The van der Waals surface area contributed by atoms with E-state index in [9.17, 15) is 18.0 Å². The van der Waals surface area contributed by atoms with E-state index in [1.54, 1.807) is 12.1 Å². The Balaban J connectivity index is 0.000000270. The number of hydrogen-bond donors (Lipinski definition) is 3. The van der Waals surface area contributed by atoms with Gasteiger partial charge in [-0.25, -0.2) is 4.79 Å². The quantitative estimate of drug-likeness (QED) is 0.733. The van der Waals surface area contributed by atoms with Crippen LogP contribution in [0.3, 0.4) is 0 Å². The Labute approximate surface area is 116 Å². The van der Waals surface area contributed by atoms with Gasteiger partial charge in [0.25, 0.3) is 5.91 Å². The summed E-state index contributed by atoms with van der Waals surface area (Å²) in [5, 5.41) is 10.2. The SMILES string of the molecule is NC(=O)c1cc(OC2CNC2)ccn1.O=C(O)C(F)(F)F. The first-order valence-electron chi connectivity index (χ1n) is 5.63. The first-order valence-corrected chi connectivity index (χ1v) is 5.63. The molecule has 1 aromatic heterocycles. The average Bonchev–Trinajstić information content (AvgIpc) is 2.34. The molecule has 2 rings (SSSR count). The van der Waals surface area contributed by atoms with Gasteiger partial charge in [0.1, 0.15) is 17.5 Å². The Hall–Kier alpha value is -2.36. The summed E-state index contributed by atoms with van der Waals surface area (Å²) < 4.78 is 37.3. The van der Waals surface area contributed by atoms with Gasteiger partial charge in [0.05, 0.1) is 0 Å². The highest BCUT2D eigenvalue weighted by molar-refractivity contribution is 5.91. The van der Waals surface area contributed by atoms with Crippen molar-refractivity contribution in [3.8, 4) is 5.75 Å². The average molecular weight is 307 g/mol. The van der Waals surface area contributed by atoms with E-state index in [1.165, 1.54) is 6.20 Å². The first kappa shape index (κ1) is 16.7. The fraction of sp³-hybridized carbons (Fsp3) is 0.364. The Morgan fingerprint density at radius 3 is 2.38 bits per heavy atom. The molecular weight excluding hydrogens is 295 g/mol. The zero-order valence-corrected chi connectivity index (χ0v) is 10.6. The number of aromatic nitrogens is 1. The summed E-state index contributed by atoms with van der Waals surface area (Å²) in [5.74, 6) is -2.66. The third-order valence-electron chi connectivity index (χ3n) is 2.27. The molecule has 0 spiro atoms. The molecule has 0 saturated carbocycles. The maximum atomic E-state index is 10.8. The topological polar surface area (TPSA) is 115 Å². The number of alkyl halides is 3. The number of aliphatic carboxylic acids is 1. The zero-order valence-electron chi connectivity index (χ0n) is 10.6. The Morgan fingerprint density at radius 2 is 2.00 bits per heavy atom. The molecule has 1 fully saturated rings. The summed E-state index contributed by atoms with van der Waals surface area (Å²) in [4.78, 5) is 23.5. The number of carboxylic acids is 1. The van der Waals surface area contributed by atoms with Crippen LogP contribution in [0, 0.1) is 0 Å². The van der Waals surface area contributed by atoms with Crippen LogP contribution in [-0.4, -0.2) is 47.3 Å². The van der Waals surface area contributed by atoms with Gasteiger partial charge in [-0.05, 0) is 6.07 Å².